The zero-order valence-electron chi connectivity index (χ0n) is 10.1. The predicted octanol–water partition coefficient (Wildman–Crippen LogP) is 1.81. The number of hydrogen-bond acceptors (Lipinski definition) is 3. The fourth-order valence-corrected chi connectivity index (χ4v) is 1.99. The third kappa shape index (κ3) is 2.68. The third-order valence-corrected chi connectivity index (χ3v) is 2.95. The molecule has 1 aromatic carbocycles. The lowest BCUT2D eigenvalue weighted by Gasteiger charge is -2.11. The molecular formula is C13H15NO4. The maximum absolute atomic E-state index is 11.8. The molecule has 2 rings (SSSR count). The number of aryl methyl sites for hydroxylation is 1. The van der Waals surface area contributed by atoms with Crippen LogP contribution in [-0.2, 0) is 9.53 Å². The molecule has 5 nitrogen and oxygen atoms in total. The molecule has 0 spiro atoms. The zero-order chi connectivity index (χ0) is 13.1. The molecule has 0 unspecified atom stereocenters. The van der Waals surface area contributed by atoms with Gasteiger partial charge in [-0.05, 0) is 43.5 Å². The summed E-state index contributed by atoms with van der Waals surface area (Å²) in [7, 11) is 0. The molecular weight excluding hydrogens is 234 g/mol. The maximum Gasteiger partial charge on any atom is 0.335 e. The molecule has 1 aliphatic heterocycles. The first-order chi connectivity index (χ1) is 8.58. The second kappa shape index (κ2) is 5.18. The van der Waals surface area contributed by atoms with Crippen molar-refractivity contribution in [2.75, 3.05) is 11.9 Å². The molecule has 18 heavy (non-hydrogen) atoms. The van der Waals surface area contributed by atoms with Crippen LogP contribution < -0.4 is 5.32 Å². The molecule has 0 bridgehead atoms. The Morgan fingerprint density at radius 3 is 2.78 bits per heavy atom. The van der Waals surface area contributed by atoms with Gasteiger partial charge in [0.05, 0.1) is 5.56 Å². The first-order valence-electron chi connectivity index (χ1n) is 5.84. The van der Waals surface area contributed by atoms with E-state index in [0.717, 1.165) is 12.8 Å². The van der Waals surface area contributed by atoms with Crippen LogP contribution in [0.1, 0.15) is 28.8 Å². The zero-order valence-corrected chi connectivity index (χ0v) is 10.1. The van der Waals surface area contributed by atoms with Crippen LogP contribution in [0.5, 0.6) is 0 Å². The van der Waals surface area contributed by atoms with Crippen LogP contribution in [0.3, 0.4) is 0 Å². The van der Waals surface area contributed by atoms with Gasteiger partial charge in [-0.2, -0.15) is 0 Å². The summed E-state index contributed by atoms with van der Waals surface area (Å²) in [6.45, 7) is 2.32. The molecule has 1 atom stereocenters. The maximum atomic E-state index is 11.8. The minimum Gasteiger partial charge on any atom is -0.478 e. The van der Waals surface area contributed by atoms with Crippen molar-refractivity contribution in [2.45, 2.75) is 25.9 Å². The molecule has 0 radical (unpaired) electrons. The summed E-state index contributed by atoms with van der Waals surface area (Å²) in [4.78, 5) is 22.6. The van der Waals surface area contributed by atoms with Crippen LogP contribution in [-0.4, -0.2) is 29.7 Å². The Kier molecular flexibility index (Phi) is 3.62. The van der Waals surface area contributed by atoms with E-state index in [1.54, 1.807) is 19.1 Å². The van der Waals surface area contributed by atoms with E-state index in [0.29, 0.717) is 17.9 Å². The lowest BCUT2D eigenvalue weighted by molar-refractivity contribution is -0.124. The number of ether oxygens (including phenoxy) is 1. The number of nitrogens with one attached hydrogen (secondary N) is 1. The Morgan fingerprint density at radius 2 is 2.22 bits per heavy atom. The lowest BCUT2D eigenvalue weighted by Crippen LogP contribution is -2.26. The minimum absolute atomic E-state index is 0.171. The summed E-state index contributed by atoms with van der Waals surface area (Å²) in [5.41, 5.74) is 1.45. The molecule has 2 N–H and O–H groups in total. The number of carboxylic acids is 1. The van der Waals surface area contributed by atoms with Crippen LogP contribution in [0.4, 0.5) is 5.69 Å². The number of carboxylic acid groups (broad SMARTS) is 1. The van der Waals surface area contributed by atoms with Crippen molar-refractivity contribution in [3.8, 4) is 0 Å². The first kappa shape index (κ1) is 12.6. The Balaban J connectivity index is 2.07. The minimum atomic E-state index is -0.968. The molecule has 1 heterocycles. The van der Waals surface area contributed by atoms with Gasteiger partial charge in [0.25, 0.3) is 5.91 Å². The van der Waals surface area contributed by atoms with E-state index in [1.807, 2.05) is 0 Å². The Bertz CT molecular complexity index is 478. The fourth-order valence-electron chi connectivity index (χ4n) is 1.99. The van der Waals surface area contributed by atoms with Gasteiger partial charge in [0.2, 0.25) is 0 Å². The quantitative estimate of drug-likeness (QED) is 0.856. The van der Waals surface area contributed by atoms with Gasteiger partial charge in [0.1, 0.15) is 6.10 Å². The van der Waals surface area contributed by atoms with Crippen molar-refractivity contribution >= 4 is 17.6 Å². The highest BCUT2D eigenvalue weighted by atomic mass is 16.5. The van der Waals surface area contributed by atoms with Gasteiger partial charge in [0.15, 0.2) is 0 Å². The average Bonchev–Trinajstić information content (AvgIpc) is 2.81. The predicted molar refractivity (Wildman–Crippen MR) is 65.7 cm³/mol. The van der Waals surface area contributed by atoms with Gasteiger partial charge >= 0.3 is 5.97 Å². The van der Waals surface area contributed by atoms with Crippen molar-refractivity contribution in [3.05, 3.63) is 29.3 Å². The summed E-state index contributed by atoms with van der Waals surface area (Å²) in [6, 6.07) is 4.72. The number of aromatic carboxylic acids is 1. The molecule has 1 amide bonds. The van der Waals surface area contributed by atoms with Gasteiger partial charge in [-0.1, -0.05) is 0 Å². The van der Waals surface area contributed by atoms with E-state index in [2.05, 4.69) is 5.32 Å². The summed E-state index contributed by atoms with van der Waals surface area (Å²) >= 11 is 0. The molecule has 1 aromatic rings. The Hall–Kier alpha value is -1.88. The molecule has 0 aliphatic carbocycles. The van der Waals surface area contributed by atoms with Crippen molar-refractivity contribution in [2.24, 2.45) is 0 Å². The van der Waals surface area contributed by atoms with Crippen molar-refractivity contribution < 1.29 is 19.4 Å². The van der Waals surface area contributed by atoms with Gasteiger partial charge in [-0.3, -0.25) is 4.79 Å². The van der Waals surface area contributed by atoms with Gasteiger partial charge in [0, 0.05) is 12.3 Å². The van der Waals surface area contributed by atoms with Gasteiger partial charge in [-0.25, -0.2) is 4.79 Å². The topological polar surface area (TPSA) is 75.6 Å². The summed E-state index contributed by atoms with van der Waals surface area (Å²) < 4.78 is 5.27. The van der Waals surface area contributed by atoms with Gasteiger partial charge < -0.3 is 15.2 Å². The number of amides is 1. The number of rotatable bonds is 3. The van der Waals surface area contributed by atoms with E-state index in [1.165, 1.54) is 6.07 Å². The Labute approximate surface area is 105 Å². The van der Waals surface area contributed by atoms with E-state index < -0.39 is 5.97 Å². The standard InChI is InChI=1S/C13H15NO4/c1-8-7-9(4-5-10(8)13(16)17)14-12(15)11-3-2-6-18-11/h4-5,7,11H,2-3,6H2,1H3,(H,14,15)(H,16,17)/t11-/m1/s1. The second-order valence-corrected chi connectivity index (χ2v) is 4.33. The van der Waals surface area contributed by atoms with E-state index in [9.17, 15) is 9.59 Å². The highest BCUT2D eigenvalue weighted by Gasteiger charge is 2.23. The van der Waals surface area contributed by atoms with Crippen molar-refractivity contribution in [1.29, 1.82) is 0 Å². The molecule has 0 aromatic heterocycles. The number of anilines is 1. The van der Waals surface area contributed by atoms with Crippen LogP contribution in [0.15, 0.2) is 18.2 Å². The number of carbonyl (C=O) groups is 2. The molecule has 1 fully saturated rings. The summed E-state index contributed by atoms with van der Waals surface area (Å²) in [5, 5.41) is 11.6. The smallest absolute Gasteiger partial charge is 0.335 e. The largest absolute Gasteiger partial charge is 0.478 e. The highest BCUT2D eigenvalue weighted by Crippen LogP contribution is 2.18. The van der Waals surface area contributed by atoms with Gasteiger partial charge in [-0.15, -0.1) is 0 Å². The number of hydrogen-bond donors (Lipinski definition) is 2. The molecule has 1 aliphatic rings. The van der Waals surface area contributed by atoms with Crippen LogP contribution >= 0.6 is 0 Å². The van der Waals surface area contributed by atoms with E-state index in [-0.39, 0.29) is 17.6 Å². The van der Waals surface area contributed by atoms with Crippen LogP contribution in [0, 0.1) is 6.92 Å². The summed E-state index contributed by atoms with van der Waals surface area (Å²) in [5.74, 6) is -1.14. The normalized spacial score (nSPS) is 18.6. The molecule has 0 saturated carbocycles. The van der Waals surface area contributed by atoms with E-state index in [4.69, 9.17) is 9.84 Å². The van der Waals surface area contributed by atoms with Crippen molar-refractivity contribution in [1.82, 2.24) is 0 Å². The van der Waals surface area contributed by atoms with Crippen molar-refractivity contribution in [3.63, 3.8) is 0 Å². The summed E-state index contributed by atoms with van der Waals surface area (Å²) in [6.07, 6.45) is 1.25. The lowest BCUT2D eigenvalue weighted by atomic mass is 10.1. The number of benzene rings is 1. The van der Waals surface area contributed by atoms with Crippen LogP contribution in [0.2, 0.25) is 0 Å². The second-order valence-electron chi connectivity index (χ2n) is 4.33. The average molecular weight is 249 g/mol. The molecule has 96 valence electrons. The molecule has 5 heteroatoms. The highest BCUT2D eigenvalue weighted by molar-refractivity contribution is 5.95. The SMILES string of the molecule is Cc1cc(NC(=O)[C@H]2CCCO2)ccc1C(=O)O. The fraction of sp³-hybridized carbons (Fsp3) is 0.385. The van der Waals surface area contributed by atoms with Crippen LogP contribution in [0.25, 0.3) is 0 Å². The number of carbonyl (C=O) groups excluding carboxylic acids is 1. The Morgan fingerprint density at radius 1 is 1.44 bits per heavy atom. The monoisotopic (exact) mass is 249 g/mol. The first-order valence-corrected chi connectivity index (χ1v) is 5.84. The molecule has 1 saturated heterocycles. The third-order valence-electron chi connectivity index (χ3n) is 2.95. The van der Waals surface area contributed by atoms with E-state index >= 15 is 0 Å².